The van der Waals surface area contributed by atoms with Crippen LogP contribution in [-0.4, -0.2) is 31.3 Å². The molecule has 1 aromatic rings. The van der Waals surface area contributed by atoms with E-state index in [9.17, 15) is 4.79 Å². The average Bonchev–Trinajstić information content (AvgIpc) is 2.46. The standard InChI is InChI=1S/C8H12N4O2/c13-7(14)4-5-12-10-8(9-11-12)6-2-1-3-6/h6H,1-5H2,(H,13,14). The van der Waals surface area contributed by atoms with Gasteiger partial charge >= 0.3 is 5.97 Å². The third-order valence-electron chi connectivity index (χ3n) is 2.46. The third-order valence-corrected chi connectivity index (χ3v) is 2.46. The van der Waals surface area contributed by atoms with Crippen molar-refractivity contribution in [2.75, 3.05) is 0 Å². The zero-order valence-corrected chi connectivity index (χ0v) is 7.76. The Morgan fingerprint density at radius 1 is 1.57 bits per heavy atom. The van der Waals surface area contributed by atoms with Gasteiger partial charge in [-0.15, -0.1) is 10.2 Å². The minimum Gasteiger partial charge on any atom is -0.481 e. The Bertz CT molecular complexity index is 332. The Balaban J connectivity index is 1.92. The maximum atomic E-state index is 10.3. The van der Waals surface area contributed by atoms with Gasteiger partial charge in [0.05, 0.1) is 13.0 Å². The van der Waals surface area contributed by atoms with E-state index in [1.54, 1.807) is 0 Å². The molecule has 0 atom stereocenters. The van der Waals surface area contributed by atoms with Crippen LogP contribution in [0.1, 0.15) is 37.4 Å². The first-order chi connectivity index (χ1) is 6.75. The Morgan fingerprint density at radius 2 is 2.36 bits per heavy atom. The van der Waals surface area contributed by atoms with E-state index in [2.05, 4.69) is 15.4 Å². The molecule has 76 valence electrons. The van der Waals surface area contributed by atoms with Gasteiger partial charge in [-0.25, -0.2) is 0 Å². The first-order valence-corrected chi connectivity index (χ1v) is 4.75. The fraction of sp³-hybridized carbons (Fsp3) is 0.750. The lowest BCUT2D eigenvalue weighted by Crippen LogP contribution is -2.12. The summed E-state index contributed by atoms with van der Waals surface area (Å²) < 4.78 is 0. The molecular formula is C8H12N4O2. The van der Waals surface area contributed by atoms with Gasteiger partial charge in [-0.1, -0.05) is 6.42 Å². The lowest BCUT2D eigenvalue weighted by Gasteiger charge is -2.20. The van der Waals surface area contributed by atoms with Crippen LogP contribution in [0.15, 0.2) is 0 Å². The van der Waals surface area contributed by atoms with Gasteiger partial charge in [0.25, 0.3) is 0 Å². The molecule has 1 aliphatic rings. The van der Waals surface area contributed by atoms with E-state index in [0.717, 1.165) is 18.7 Å². The molecule has 1 saturated carbocycles. The summed E-state index contributed by atoms with van der Waals surface area (Å²) in [6.07, 6.45) is 3.53. The van der Waals surface area contributed by atoms with Gasteiger partial charge in [-0.2, -0.15) is 4.80 Å². The van der Waals surface area contributed by atoms with E-state index in [-0.39, 0.29) is 6.42 Å². The number of carboxylic acids is 1. The predicted molar refractivity (Wildman–Crippen MR) is 46.7 cm³/mol. The molecule has 0 saturated heterocycles. The number of aryl methyl sites for hydroxylation is 1. The van der Waals surface area contributed by atoms with Crippen molar-refractivity contribution in [1.82, 2.24) is 20.2 Å². The molecule has 2 rings (SSSR count). The summed E-state index contributed by atoms with van der Waals surface area (Å²) in [5, 5.41) is 20.3. The highest BCUT2D eigenvalue weighted by Crippen LogP contribution is 2.33. The summed E-state index contributed by atoms with van der Waals surface area (Å²) in [7, 11) is 0. The SMILES string of the molecule is O=C(O)CCn1nnc(C2CCC2)n1. The van der Waals surface area contributed by atoms with E-state index in [0.29, 0.717) is 12.5 Å². The molecule has 1 aromatic heterocycles. The van der Waals surface area contributed by atoms with Gasteiger partial charge in [0.15, 0.2) is 5.82 Å². The van der Waals surface area contributed by atoms with E-state index in [4.69, 9.17) is 5.11 Å². The topological polar surface area (TPSA) is 80.9 Å². The second-order valence-electron chi connectivity index (χ2n) is 3.52. The molecule has 0 amide bonds. The van der Waals surface area contributed by atoms with E-state index >= 15 is 0 Å². The van der Waals surface area contributed by atoms with Crippen LogP contribution in [0.3, 0.4) is 0 Å². The number of rotatable bonds is 4. The average molecular weight is 196 g/mol. The molecule has 1 aliphatic carbocycles. The molecular weight excluding hydrogens is 184 g/mol. The molecule has 1 heterocycles. The van der Waals surface area contributed by atoms with Crippen molar-refractivity contribution in [3.8, 4) is 0 Å². The number of hydrogen-bond acceptors (Lipinski definition) is 4. The van der Waals surface area contributed by atoms with Crippen molar-refractivity contribution in [3.05, 3.63) is 5.82 Å². The molecule has 0 spiro atoms. The zero-order chi connectivity index (χ0) is 9.97. The number of carbonyl (C=O) groups is 1. The van der Waals surface area contributed by atoms with E-state index in [1.165, 1.54) is 11.2 Å². The lowest BCUT2D eigenvalue weighted by atomic mass is 9.85. The number of hydrogen-bond donors (Lipinski definition) is 1. The van der Waals surface area contributed by atoms with Gasteiger partial charge in [0.1, 0.15) is 0 Å². The Kier molecular flexibility index (Phi) is 2.43. The van der Waals surface area contributed by atoms with Gasteiger partial charge in [0.2, 0.25) is 0 Å². The highest BCUT2D eigenvalue weighted by molar-refractivity contribution is 5.66. The summed E-state index contributed by atoms with van der Waals surface area (Å²) in [5.74, 6) is 0.378. The van der Waals surface area contributed by atoms with Crippen LogP contribution in [-0.2, 0) is 11.3 Å². The number of aliphatic carboxylic acids is 1. The Morgan fingerprint density at radius 3 is 2.93 bits per heavy atom. The molecule has 1 N–H and O–H groups in total. The molecule has 0 aromatic carbocycles. The van der Waals surface area contributed by atoms with Crippen LogP contribution in [0.4, 0.5) is 0 Å². The second-order valence-corrected chi connectivity index (χ2v) is 3.52. The first kappa shape index (κ1) is 9.11. The van der Waals surface area contributed by atoms with Crippen LogP contribution in [0.25, 0.3) is 0 Å². The number of nitrogens with zero attached hydrogens (tertiary/aromatic N) is 4. The van der Waals surface area contributed by atoms with Crippen LogP contribution < -0.4 is 0 Å². The molecule has 14 heavy (non-hydrogen) atoms. The first-order valence-electron chi connectivity index (χ1n) is 4.75. The van der Waals surface area contributed by atoms with Crippen molar-refractivity contribution >= 4 is 5.97 Å². The quantitative estimate of drug-likeness (QED) is 0.754. The lowest BCUT2D eigenvalue weighted by molar-refractivity contribution is -0.137. The third kappa shape index (κ3) is 1.89. The summed E-state index contributed by atoms with van der Waals surface area (Å²) >= 11 is 0. The van der Waals surface area contributed by atoms with Gasteiger partial charge in [-0.05, 0) is 18.1 Å². The maximum absolute atomic E-state index is 10.3. The molecule has 1 fully saturated rings. The predicted octanol–water partition coefficient (Wildman–Crippen LogP) is 0.415. The summed E-state index contributed by atoms with van der Waals surface area (Å²) in [4.78, 5) is 11.7. The summed E-state index contributed by atoms with van der Waals surface area (Å²) in [6, 6.07) is 0. The van der Waals surface area contributed by atoms with Crippen molar-refractivity contribution in [3.63, 3.8) is 0 Å². The molecule has 0 aliphatic heterocycles. The van der Waals surface area contributed by atoms with Gasteiger partial charge < -0.3 is 5.11 Å². The minimum atomic E-state index is -0.840. The fourth-order valence-corrected chi connectivity index (χ4v) is 1.38. The monoisotopic (exact) mass is 196 g/mol. The second kappa shape index (κ2) is 3.73. The Labute approximate surface area is 80.9 Å². The van der Waals surface area contributed by atoms with Crippen molar-refractivity contribution in [2.45, 2.75) is 38.1 Å². The van der Waals surface area contributed by atoms with Crippen LogP contribution in [0.2, 0.25) is 0 Å². The number of tetrazole rings is 1. The largest absolute Gasteiger partial charge is 0.481 e. The molecule has 0 radical (unpaired) electrons. The van der Waals surface area contributed by atoms with Crippen LogP contribution in [0.5, 0.6) is 0 Å². The van der Waals surface area contributed by atoms with Crippen molar-refractivity contribution < 1.29 is 9.90 Å². The van der Waals surface area contributed by atoms with Crippen LogP contribution in [0, 0.1) is 0 Å². The Hall–Kier alpha value is -1.46. The van der Waals surface area contributed by atoms with E-state index < -0.39 is 5.97 Å². The van der Waals surface area contributed by atoms with Crippen molar-refractivity contribution in [2.24, 2.45) is 0 Å². The van der Waals surface area contributed by atoms with Crippen molar-refractivity contribution in [1.29, 1.82) is 0 Å². The van der Waals surface area contributed by atoms with Gasteiger partial charge in [-0.3, -0.25) is 4.79 Å². The molecule has 6 heteroatoms. The zero-order valence-electron chi connectivity index (χ0n) is 7.76. The number of aromatic nitrogens is 4. The fourth-order valence-electron chi connectivity index (χ4n) is 1.38. The number of carboxylic acid groups (broad SMARTS) is 1. The van der Waals surface area contributed by atoms with Crippen LogP contribution >= 0.6 is 0 Å². The molecule has 0 unspecified atom stereocenters. The molecule has 6 nitrogen and oxygen atoms in total. The minimum absolute atomic E-state index is 0.0421. The highest BCUT2D eigenvalue weighted by Gasteiger charge is 2.23. The van der Waals surface area contributed by atoms with Gasteiger partial charge in [0, 0.05) is 5.92 Å². The van der Waals surface area contributed by atoms with E-state index in [1.807, 2.05) is 0 Å². The summed E-state index contributed by atoms with van der Waals surface area (Å²) in [6.45, 7) is 0.301. The highest BCUT2D eigenvalue weighted by atomic mass is 16.4. The normalized spacial score (nSPS) is 16.6. The maximum Gasteiger partial charge on any atom is 0.305 e. The molecule has 0 bridgehead atoms. The summed E-state index contributed by atoms with van der Waals surface area (Å²) in [5.41, 5.74) is 0. The smallest absolute Gasteiger partial charge is 0.305 e.